The van der Waals surface area contributed by atoms with Gasteiger partial charge in [-0.1, -0.05) is 19.8 Å². The van der Waals surface area contributed by atoms with Crippen LogP contribution in [0.25, 0.3) is 0 Å². The summed E-state index contributed by atoms with van der Waals surface area (Å²) >= 11 is 0. The predicted octanol–water partition coefficient (Wildman–Crippen LogP) is 1.82. The van der Waals surface area contributed by atoms with Gasteiger partial charge in [0, 0.05) is 25.5 Å². The van der Waals surface area contributed by atoms with Gasteiger partial charge in [0.25, 0.3) is 0 Å². The molecule has 0 aromatic carbocycles. The first-order valence-electron chi connectivity index (χ1n) is 6.91. The molecule has 0 aromatic heterocycles. The Morgan fingerprint density at radius 1 is 1.29 bits per heavy atom. The van der Waals surface area contributed by atoms with E-state index in [0.717, 1.165) is 32.3 Å². The topological polar surface area (TPSA) is 53.7 Å². The second-order valence-electron chi connectivity index (χ2n) is 5.13. The standard InChI is InChI=1S/C13H25NO3/c1-2-3-4-7-15-12-10-13(6-5-11(12)14)16-8-9-17-13/h11-12H,2-10,14H2,1H3. The van der Waals surface area contributed by atoms with Gasteiger partial charge < -0.3 is 19.9 Å². The average Bonchev–Trinajstić information content (AvgIpc) is 2.78. The predicted molar refractivity (Wildman–Crippen MR) is 65.7 cm³/mol. The molecule has 1 spiro atoms. The summed E-state index contributed by atoms with van der Waals surface area (Å²) in [4.78, 5) is 0. The van der Waals surface area contributed by atoms with Crippen LogP contribution in [0.1, 0.15) is 45.4 Å². The Morgan fingerprint density at radius 3 is 2.76 bits per heavy atom. The zero-order valence-corrected chi connectivity index (χ0v) is 10.8. The van der Waals surface area contributed by atoms with Crippen molar-refractivity contribution in [1.29, 1.82) is 0 Å². The molecule has 2 N–H and O–H groups in total. The normalized spacial score (nSPS) is 32.1. The molecule has 1 aliphatic heterocycles. The quantitative estimate of drug-likeness (QED) is 0.748. The third-order valence-electron chi connectivity index (χ3n) is 3.74. The van der Waals surface area contributed by atoms with Gasteiger partial charge >= 0.3 is 0 Å². The van der Waals surface area contributed by atoms with Crippen LogP contribution >= 0.6 is 0 Å². The van der Waals surface area contributed by atoms with Crippen LogP contribution in [-0.4, -0.2) is 37.8 Å². The van der Waals surface area contributed by atoms with Gasteiger partial charge in [0.05, 0.1) is 19.3 Å². The van der Waals surface area contributed by atoms with Crippen molar-refractivity contribution >= 4 is 0 Å². The fraction of sp³-hybridized carbons (Fsp3) is 1.00. The Labute approximate surface area is 104 Å². The summed E-state index contributed by atoms with van der Waals surface area (Å²) < 4.78 is 17.4. The van der Waals surface area contributed by atoms with E-state index >= 15 is 0 Å². The molecule has 0 radical (unpaired) electrons. The molecule has 0 bridgehead atoms. The largest absolute Gasteiger partial charge is 0.376 e. The van der Waals surface area contributed by atoms with Gasteiger partial charge in [-0.05, 0) is 12.8 Å². The van der Waals surface area contributed by atoms with E-state index < -0.39 is 0 Å². The first-order chi connectivity index (χ1) is 8.26. The van der Waals surface area contributed by atoms with E-state index in [1.54, 1.807) is 0 Å². The maximum Gasteiger partial charge on any atom is 0.171 e. The van der Waals surface area contributed by atoms with Crippen molar-refractivity contribution in [3.8, 4) is 0 Å². The lowest BCUT2D eigenvalue weighted by molar-refractivity contribution is -0.205. The summed E-state index contributed by atoms with van der Waals surface area (Å²) in [6, 6.07) is 0.134. The van der Waals surface area contributed by atoms with Gasteiger partial charge in [-0.3, -0.25) is 0 Å². The maximum absolute atomic E-state index is 6.11. The van der Waals surface area contributed by atoms with E-state index in [1.165, 1.54) is 12.8 Å². The summed E-state index contributed by atoms with van der Waals surface area (Å²) in [5, 5.41) is 0. The Morgan fingerprint density at radius 2 is 2.06 bits per heavy atom. The van der Waals surface area contributed by atoms with Crippen LogP contribution in [0.5, 0.6) is 0 Å². The van der Waals surface area contributed by atoms with Crippen molar-refractivity contribution in [2.45, 2.75) is 63.4 Å². The van der Waals surface area contributed by atoms with Crippen molar-refractivity contribution < 1.29 is 14.2 Å². The molecule has 2 aliphatic rings. The van der Waals surface area contributed by atoms with Crippen molar-refractivity contribution in [1.82, 2.24) is 0 Å². The van der Waals surface area contributed by atoms with E-state index in [2.05, 4.69) is 6.92 Å². The molecular formula is C13H25NO3. The highest BCUT2D eigenvalue weighted by Gasteiger charge is 2.44. The molecule has 2 unspecified atom stereocenters. The lowest BCUT2D eigenvalue weighted by Crippen LogP contribution is -2.50. The van der Waals surface area contributed by atoms with Crippen LogP contribution in [0.3, 0.4) is 0 Å². The van der Waals surface area contributed by atoms with Crippen LogP contribution < -0.4 is 5.73 Å². The number of nitrogens with two attached hydrogens (primary N) is 1. The van der Waals surface area contributed by atoms with Gasteiger partial charge in [0.2, 0.25) is 0 Å². The first kappa shape index (κ1) is 13.3. The number of unbranched alkanes of at least 4 members (excludes halogenated alkanes) is 2. The van der Waals surface area contributed by atoms with Crippen molar-refractivity contribution in [2.75, 3.05) is 19.8 Å². The third-order valence-corrected chi connectivity index (χ3v) is 3.74. The minimum absolute atomic E-state index is 0.0960. The number of ether oxygens (including phenoxy) is 3. The summed E-state index contributed by atoms with van der Waals surface area (Å²) in [6.45, 7) is 4.42. The van der Waals surface area contributed by atoms with Crippen molar-refractivity contribution in [2.24, 2.45) is 5.73 Å². The van der Waals surface area contributed by atoms with Crippen LogP contribution in [0, 0.1) is 0 Å². The van der Waals surface area contributed by atoms with Gasteiger partial charge in [-0.2, -0.15) is 0 Å². The van der Waals surface area contributed by atoms with E-state index in [1.807, 2.05) is 0 Å². The molecule has 2 atom stereocenters. The van der Waals surface area contributed by atoms with Crippen LogP contribution in [0.2, 0.25) is 0 Å². The fourth-order valence-electron chi connectivity index (χ4n) is 2.66. The fourth-order valence-corrected chi connectivity index (χ4v) is 2.66. The molecule has 1 aliphatic carbocycles. The lowest BCUT2D eigenvalue weighted by atomic mass is 9.88. The molecular weight excluding hydrogens is 218 g/mol. The molecule has 4 nitrogen and oxygen atoms in total. The SMILES string of the molecule is CCCCCOC1CC2(CCC1N)OCCO2. The van der Waals surface area contributed by atoms with Crippen LogP contribution in [0.15, 0.2) is 0 Å². The van der Waals surface area contributed by atoms with E-state index in [-0.39, 0.29) is 17.9 Å². The highest BCUT2D eigenvalue weighted by atomic mass is 16.7. The zero-order valence-electron chi connectivity index (χ0n) is 10.8. The third kappa shape index (κ3) is 3.41. The molecule has 2 rings (SSSR count). The average molecular weight is 243 g/mol. The second-order valence-corrected chi connectivity index (χ2v) is 5.13. The summed E-state index contributed by atoms with van der Waals surface area (Å²) in [7, 11) is 0. The highest BCUT2D eigenvalue weighted by Crippen LogP contribution is 2.36. The van der Waals surface area contributed by atoms with Gasteiger partial charge in [0.15, 0.2) is 5.79 Å². The number of hydrogen-bond donors (Lipinski definition) is 1. The first-order valence-corrected chi connectivity index (χ1v) is 6.91. The lowest BCUT2D eigenvalue weighted by Gasteiger charge is -2.39. The Hall–Kier alpha value is -0.160. The minimum atomic E-state index is -0.384. The molecule has 0 amide bonds. The minimum Gasteiger partial charge on any atom is -0.376 e. The van der Waals surface area contributed by atoms with Gasteiger partial charge in [0.1, 0.15) is 0 Å². The number of hydrogen-bond acceptors (Lipinski definition) is 4. The van der Waals surface area contributed by atoms with Gasteiger partial charge in [-0.15, -0.1) is 0 Å². The maximum atomic E-state index is 6.11. The highest BCUT2D eigenvalue weighted by molar-refractivity contribution is 4.90. The molecule has 0 aromatic rings. The summed E-state index contributed by atoms with van der Waals surface area (Å²) in [5.41, 5.74) is 6.11. The van der Waals surface area contributed by atoms with Crippen LogP contribution in [0.4, 0.5) is 0 Å². The van der Waals surface area contributed by atoms with Crippen molar-refractivity contribution in [3.63, 3.8) is 0 Å². The number of rotatable bonds is 5. The molecule has 100 valence electrons. The molecule has 1 heterocycles. The molecule has 17 heavy (non-hydrogen) atoms. The van der Waals surface area contributed by atoms with E-state index in [0.29, 0.717) is 13.2 Å². The molecule has 2 fully saturated rings. The Kier molecular flexibility index (Phi) is 4.79. The molecule has 1 saturated carbocycles. The molecule has 4 heteroatoms. The monoisotopic (exact) mass is 243 g/mol. The van der Waals surface area contributed by atoms with E-state index in [4.69, 9.17) is 19.9 Å². The summed E-state index contributed by atoms with van der Waals surface area (Å²) in [6.07, 6.45) is 6.28. The second kappa shape index (κ2) is 6.14. The molecule has 1 saturated heterocycles. The van der Waals surface area contributed by atoms with Gasteiger partial charge in [-0.25, -0.2) is 0 Å². The summed E-state index contributed by atoms with van der Waals surface area (Å²) in [5.74, 6) is -0.384. The Balaban J connectivity index is 1.78. The zero-order chi connectivity index (χ0) is 12.1. The smallest absolute Gasteiger partial charge is 0.171 e. The van der Waals surface area contributed by atoms with Crippen LogP contribution in [-0.2, 0) is 14.2 Å². The van der Waals surface area contributed by atoms with Crippen molar-refractivity contribution in [3.05, 3.63) is 0 Å². The van der Waals surface area contributed by atoms with E-state index in [9.17, 15) is 0 Å². The Bertz CT molecular complexity index is 229.